The number of carbonyl (C=O) groups excluding carboxylic acids is 1. The topological polar surface area (TPSA) is 153 Å². The zero-order chi connectivity index (χ0) is 28.3. The fraction of sp³-hybridized carbons (Fsp3) is 0.944. The summed E-state index contributed by atoms with van der Waals surface area (Å²) >= 11 is 0. The highest BCUT2D eigenvalue weighted by atomic mass is 32.2. The van der Waals surface area contributed by atoms with Crippen LogP contribution in [-0.4, -0.2) is 66.7 Å². The number of alkyl halides is 6. The molecule has 1 aliphatic carbocycles. The summed E-state index contributed by atoms with van der Waals surface area (Å²) in [6, 6.07) is 0.553. The van der Waals surface area contributed by atoms with Crippen LogP contribution >= 0.6 is 0 Å². The van der Waals surface area contributed by atoms with Crippen LogP contribution in [0.5, 0.6) is 0 Å². The normalized spacial score (nSPS) is 23.2. The third kappa shape index (κ3) is 13.4. The monoisotopic (exact) mass is 581 g/mol. The summed E-state index contributed by atoms with van der Waals surface area (Å²) in [5, 5.41) is 0. The van der Waals surface area contributed by atoms with Gasteiger partial charge in [0.15, 0.2) is 10.1 Å². The average molecular weight is 582 g/mol. The Morgan fingerprint density at radius 2 is 1.25 bits per heavy atom. The van der Waals surface area contributed by atoms with E-state index in [1.807, 2.05) is 0 Å². The molecule has 18 heteroatoms. The van der Waals surface area contributed by atoms with Crippen LogP contribution < -0.4 is 10.9 Å². The molecule has 1 heterocycles. The number of halogens is 6. The van der Waals surface area contributed by atoms with Gasteiger partial charge in [0.1, 0.15) is 12.6 Å². The van der Waals surface area contributed by atoms with Crippen molar-refractivity contribution in [3.05, 3.63) is 0 Å². The van der Waals surface area contributed by atoms with E-state index in [0.717, 1.165) is 13.1 Å². The van der Waals surface area contributed by atoms with Gasteiger partial charge in [-0.1, -0.05) is 25.7 Å². The molecule has 1 saturated heterocycles. The number of nitrogens with one attached hydrogen (secondary N) is 2. The molecule has 1 amide bonds. The molecule has 10 nitrogen and oxygen atoms in total. The lowest BCUT2D eigenvalue weighted by molar-refractivity contribution is -1.02. The Morgan fingerprint density at radius 3 is 1.64 bits per heavy atom. The molecule has 0 aromatic rings. The van der Waals surface area contributed by atoms with Gasteiger partial charge in [-0.15, -0.1) is 10.1 Å². The maximum atomic E-state index is 11.7. The SMILES string of the molecule is CC(=O)N[N+]1(C2CCCCCCC2)CCCCCCN1.O=S(=O)(O)C(F)(F)F.O=S(=O)([O-])C(F)(F)F. The maximum absolute atomic E-state index is 11.7. The zero-order valence-electron chi connectivity index (χ0n) is 19.7. The van der Waals surface area contributed by atoms with Crippen molar-refractivity contribution >= 4 is 26.1 Å². The van der Waals surface area contributed by atoms with Gasteiger partial charge in [0.2, 0.25) is 0 Å². The summed E-state index contributed by atoms with van der Waals surface area (Å²) < 4.78 is 117. The van der Waals surface area contributed by atoms with Gasteiger partial charge in [-0.3, -0.25) is 9.35 Å². The fourth-order valence-corrected chi connectivity index (χ4v) is 3.85. The van der Waals surface area contributed by atoms with Gasteiger partial charge in [-0.2, -0.15) is 40.2 Å². The first-order chi connectivity index (χ1) is 16.2. The number of hydrogen-bond donors (Lipinski definition) is 3. The van der Waals surface area contributed by atoms with Crippen molar-refractivity contribution in [3.8, 4) is 0 Å². The summed E-state index contributed by atoms with van der Waals surface area (Å²) in [7, 11) is -11.9. The number of quaternary nitrogens is 1. The minimum absolute atomic E-state index is 0.0973. The Hall–Kier alpha value is -1.21. The number of nitrogens with zero attached hydrogens (tertiary/aromatic N) is 1. The first kappa shape index (κ1) is 34.8. The van der Waals surface area contributed by atoms with E-state index in [9.17, 15) is 31.1 Å². The molecule has 36 heavy (non-hydrogen) atoms. The van der Waals surface area contributed by atoms with Crippen LogP contribution in [0, 0.1) is 0 Å². The number of hydrogen-bond acceptors (Lipinski definition) is 7. The second-order valence-electron chi connectivity index (χ2n) is 8.40. The Labute approximate surface area is 206 Å². The average Bonchev–Trinajstić information content (AvgIpc) is 2.61. The van der Waals surface area contributed by atoms with Gasteiger partial charge in [0.05, 0.1) is 0 Å². The fourth-order valence-electron chi connectivity index (χ4n) is 3.85. The standard InChI is InChI=1S/C16H31N3O.2CHF3O3S/c1-15(20)18-19(14-10-6-5-9-13-17-19)16-11-7-3-2-4-8-12-16;2*2-1(3,4)8(5,6)7/h16-17H,2-14H2,1H3;2*(H,5,6,7). The van der Waals surface area contributed by atoms with Crippen molar-refractivity contribution in [3.63, 3.8) is 0 Å². The van der Waals surface area contributed by atoms with E-state index in [4.69, 9.17) is 25.9 Å². The van der Waals surface area contributed by atoms with Gasteiger partial charge in [-0.25, -0.2) is 8.42 Å². The van der Waals surface area contributed by atoms with Crippen molar-refractivity contribution in [2.45, 2.75) is 94.6 Å². The summed E-state index contributed by atoms with van der Waals surface area (Å²) in [6.45, 7) is 3.73. The predicted octanol–water partition coefficient (Wildman–Crippen LogP) is 3.49. The highest BCUT2D eigenvalue weighted by Crippen LogP contribution is 2.26. The van der Waals surface area contributed by atoms with Crippen LogP contribution in [-0.2, 0) is 25.0 Å². The van der Waals surface area contributed by atoms with E-state index < -0.39 is 31.3 Å². The van der Waals surface area contributed by atoms with Crippen LogP contribution in [0.4, 0.5) is 26.3 Å². The number of rotatable bonds is 2. The molecule has 3 N–H and O–H groups in total. The lowest BCUT2D eigenvalue weighted by Crippen LogP contribution is -2.72. The molecule has 0 bridgehead atoms. The molecule has 2 fully saturated rings. The maximum Gasteiger partial charge on any atom is 0.522 e. The first-order valence-corrected chi connectivity index (χ1v) is 14.1. The molecule has 0 aromatic carbocycles. The van der Waals surface area contributed by atoms with E-state index >= 15 is 0 Å². The molecule has 0 spiro atoms. The Balaban J connectivity index is 0.000000634. The molecule has 1 atom stereocenters. The second kappa shape index (κ2) is 14.7. The highest BCUT2D eigenvalue weighted by Gasteiger charge is 2.44. The Kier molecular flexibility index (Phi) is 14.2. The van der Waals surface area contributed by atoms with Crippen molar-refractivity contribution in [1.29, 1.82) is 0 Å². The van der Waals surface area contributed by atoms with Gasteiger partial charge in [-0.05, 0) is 25.7 Å². The van der Waals surface area contributed by atoms with Gasteiger partial charge in [0.25, 0.3) is 5.91 Å². The van der Waals surface area contributed by atoms with Crippen LogP contribution in [0.1, 0.15) is 77.6 Å². The summed E-state index contributed by atoms with van der Waals surface area (Å²) in [4.78, 5) is 11.7. The quantitative estimate of drug-likeness (QED) is 0.194. The minimum Gasteiger partial charge on any atom is -0.741 e. The molecular formula is C18H33F6N3O7S2. The highest BCUT2D eigenvalue weighted by molar-refractivity contribution is 7.86. The van der Waals surface area contributed by atoms with Crippen LogP contribution in [0.15, 0.2) is 0 Å². The van der Waals surface area contributed by atoms with Crippen LogP contribution in [0.25, 0.3) is 0 Å². The molecule has 0 radical (unpaired) electrons. The van der Waals surface area contributed by atoms with Gasteiger partial charge >= 0.3 is 21.1 Å². The van der Waals surface area contributed by atoms with E-state index in [2.05, 4.69) is 10.9 Å². The smallest absolute Gasteiger partial charge is 0.522 e. The lowest BCUT2D eigenvalue weighted by atomic mass is 9.95. The molecular weight excluding hydrogens is 548 g/mol. The lowest BCUT2D eigenvalue weighted by Gasteiger charge is -2.44. The molecule has 2 aliphatic rings. The first-order valence-electron chi connectivity index (χ1n) is 11.2. The Bertz CT molecular complexity index is 823. The summed E-state index contributed by atoms with van der Waals surface area (Å²) in [5.41, 5.74) is -4.22. The molecule has 2 rings (SSSR count). The van der Waals surface area contributed by atoms with E-state index in [1.165, 1.54) is 70.6 Å². The molecule has 1 unspecified atom stereocenters. The molecule has 216 valence electrons. The number of amides is 1. The molecule has 1 saturated carbocycles. The van der Waals surface area contributed by atoms with Crippen molar-refractivity contribution in [2.24, 2.45) is 0 Å². The Morgan fingerprint density at radius 1 is 0.861 bits per heavy atom. The van der Waals surface area contributed by atoms with Gasteiger partial charge < -0.3 is 4.55 Å². The van der Waals surface area contributed by atoms with Gasteiger partial charge in [0, 0.05) is 32.7 Å². The third-order valence-electron chi connectivity index (χ3n) is 5.46. The van der Waals surface area contributed by atoms with E-state index in [0.29, 0.717) is 10.7 Å². The largest absolute Gasteiger partial charge is 0.741 e. The predicted molar refractivity (Wildman–Crippen MR) is 115 cm³/mol. The van der Waals surface area contributed by atoms with Crippen molar-refractivity contribution in [2.75, 3.05) is 13.1 Å². The van der Waals surface area contributed by atoms with E-state index in [1.54, 1.807) is 6.92 Å². The summed E-state index contributed by atoms with van der Waals surface area (Å²) in [6.07, 6.45) is 14.3. The number of carbonyl (C=O) groups is 1. The zero-order valence-corrected chi connectivity index (χ0v) is 21.3. The molecule has 0 aromatic heterocycles. The third-order valence-corrected chi connectivity index (χ3v) is 6.61. The van der Waals surface area contributed by atoms with Crippen molar-refractivity contribution < 1.29 is 61.8 Å². The van der Waals surface area contributed by atoms with Crippen LogP contribution in [0.2, 0.25) is 0 Å². The summed E-state index contributed by atoms with van der Waals surface area (Å²) in [5.74, 6) is 0.0973. The van der Waals surface area contributed by atoms with Crippen LogP contribution in [0.3, 0.4) is 0 Å². The van der Waals surface area contributed by atoms with Crippen molar-refractivity contribution in [1.82, 2.24) is 10.9 Å². The molecule has 1 aliphatic heterocycles. The second-order valence-corrected chi connectivity index (χ2v) is 11.2. The minimum atomic E-state index is -6.09. The van der Waals surface area contributed by atoms with E-state index in [-0.39, 0.29) is 5.91 Å².